The maximum Gasteiger partial charge on any atom is 0.236 e. The average molecular weight is 324 g/mol. The van der Waals surface area contributed by atoms with Gasteiger partial charge in [0.1, 0.15) is 5.75 Å². The van der Waals surface area contributed by atoms with Crippen molar-refractivity contribution in [2.45, 2.75) is 44.1 Å². The van der Waals surface area contributed by atoms with Gasteiger partial charge in [0.05, 0.1) is 18.1 Å². The standard InChI is InChI=1S/C16H21N3O2.ClH/c1-15(2,11-7-4-5-8-12(11)20-3)14-18-13(19-21-14)16(17)9-6-10-16;/h4-5,7-8H,6,9-10,17H2,1-3H3;1H. The van der Waals surface area contributed by atoms with Crippen molar-refractivity contribution in [3.63, 3.8) is 0 Å². The van der Waals surface area contributed by atoms with Gasteiger partial charge in [0.2, 0.25) is 5.89 Å². The van der Waals surface area contributed by atoms with Crippen LogP contribution in [0.5, 0.6) is 5.75 Å². The second-order valence-corrected chi connectivity index (χ2v) is 6.26. The Balaban J connectivity index is 0.00000176. The molecule has 1 heterocycles. The lowest BCUT2D eigenvalue weighted by molar-refractivity contribution is 0.228. The van der Waals surface area contributed by atoms with Crippen LogP contribution in [-0.4, -0.2) is 17.3 Å². The highest BCUT2D eigenvalue weighted by atomic mass is 35.5. The van der Waals surface area contributed by atoms with E-state index in [9.17, 15) is 0 Å². The van der Waals surface area contributed by atoms with E-state index < -0.39 is 11.0 Å². The molecule has 3 rings (SSSR count). The Morgan fingerprint density at radius 2 is 1.95 bits per heavy atom. The highest BCUT2D eigenvalue weighted by Gasteiger charge is 2.41. The number of nitrogens with two attached hydrogens (primary N) is 1. The van der Waals surface area contributed by atoms with E-state index in [0.717, 1.165) is 30.6 Å². The maximum absolute atomic E-state index is 6.27. The van der Waals surface area contributed by atoms with E-state index in [4.69, 9.17) is 15.0 Å². The lowest BCUT2D eigenvalue weighted by atomic mass is 9.77. The van der Waals surface area contributed by atoms with Crippen molar-refractivity contribution in [1.82, 2.24) is 10.1 Å². The van der Waals surface area contributed by atoms with Gasteiger partial charge in [-0.25, -0.2) is 0 Å². The quantitative estimate of drug-likeness (QED) is 0.935. The predicted molar refractivity (Wildman–Crippen MR) is 86.4 cm³/mol. The number of benzene rings is 1. The number of ether oxygens (including phenoxy) is 1. The zero-order chi connectivity index (χ0) is 15.1. The van der Waals surface area contributed by atoms with Gasteiger partial charge < -0.3 is 15.0 Å². The number of aromatic nitrogens is 2. The number of halogens is 1. The molecule has 22 heavy (non-hydrogen) atoms. The predicted octanol–water partition coefficient (Wildman–Crippen LogP) is 3.16. The zero-order valence-corrected chi connectivity index (χ0v) is 13.9. The first-order valence-corrected chi connectivity index (χ1v) is 7.24. The van der Waals surface area contributed by atoms with E-state index in [1.165, 1.54) is 0 Å². The summed E-state index contributed by atoms with van der Waals surface area (Å²) in [6, 6.07) is 7.88. The van der Waals surface area contributed by atoms with Crippen molar-refractivity contribution in [3.8, 4) is 5.75 Å². The van der Waals surface area contributed by atoms with E-state index in [2.05, 4.69) is 10.1 Å². The normalized spacial score (nSPS) is 16.5. The first-order chi connectivity index (χ1) is 9.97. The Kier molecular flexibility index (Phi) is 4.49. The highest BCUT2D eigenvalue weighted by molar-refractivity contribution is 5.85. The van der Waals surface area contributed by atoms with Crippen LogP contribution in [0.1, 0.15) is 50.4 Å². The van der Waals surface area contributed by atoms with Crippen molar-refractivity contribution in [1.29, 1.82) is 0 Å². The molecule has 0 unspecified atom stereocenters. The largest absolute Gasteiger partial charge is 0.496 e. The fraction of sp³-hybridized carbons (Fsp3) is 0.500. The van der Waals surface area contributed by atoms with Gasteiger partial charge in [0.15, 0.2) is 5.82 Å². The van der Waals surface area contributed by atoms with Crippen molar-refractivity contribution >= 4 is 12.4 Å². The lowest BCUT2D eigenvalue weighted by Gasteiger charge is -2.34. The molecule has 0 atom stereocenters. The molecule has 0 bridgehead atoms. The van der Waals surface area contributed by atoms with Crippen molar-refractivity contribution in [2.75, 3.05) is 7.11 Å². The van der Waals surface area contributed by atoms with Crippen molar-refractivity contribution < 1.29 is 9.26 Å². The molecule has 6 heteroatoms. The SMILES string of the molecule is COc1ccccc1C(C)(C)c1nc(C2(N)CCC2)no1.Cl. The summed E-state index contributed by atoms with van der Waals surface area (Å²) in [5, 5.41) is 4.11. The van der Waals surface area contributed by atoms with E-state index in [-0.39, 0.29) is 12.4 Å². The summed E-state index contributed by atoms with van der Waals surface area (Å²) < 4.78 is 11.0. The summed E-state index contributed by atoms with van der Waals surface area (Å²) in [4.78, 5) is 4.57. The molecular formula is C16H22ClN3O2. The molecule has 2 aromatic rings. The molecule has 1 fully saturated rings. The molecule has 1 saturated carbocycles. The van der Waals surface area contributed by atoms with E-state index >= 15 is 0 Å². The smallest absolute Gasteiger partial charge is 0.236 e. The Morgan fingerprint density at radius 1 is 1.27 bits per heavy atom. The number of hydrogen-bond donors (Lipinski definition) is 1. The second kappa shape index (κ2) is 5.89. The molecule has 1 aliphatic carbocycles. The summed E-state index contributed by atoms with van der Waals surface area (Å²) in [5.74, 6) is 2.00. The number of para-hydroxylation sites is 1. The molecule has 5 nitrogen and oxygen atoms in total. The minimum absolute atomic E-state index is 0. The Morgan fingerprint density at radius 3 is 2.55 bits per heavy atom. The third-order valence-corrected chi connectivity index (χ3v) is 4.43. The van der Waals surface area contributed by atoms with Gasteiger partial charge in [-0.3, -0.25) is 0 Å². The van der Waals surface area contributed by atoms with Crippen molar-refractivity contribution in [3.05, 3.63) is 41.5 Å². The number of nitrogens with zero attached hydrogens (tertiary/aromatic N) is 2. The molecule has 1 aliphatic rings. The first kappa shape index (κ1) is 16.8. The number of rotatable bonds is 4. The highest BCUT2D eigenvalue weighted by Crippen LogP contribution is 2.40. The Labute approximate surface area is 136 Å². The van der Waals surface area contributed by atoms with Crippen LogP contribution in [0.4, 0.5) is 0 Å². The van der Waals surface area contributed by atoms with Gasteiger partial charge in [0, 0.05) is 5.56 Å². The fourth-order valence-corrected chi connectivity index (χ4v) is 2.74. The minimum Gasteiger partial charge on any atom is -0.496 e. The third kappa shape index (κ3) is 2.59. The van der Waals surface area contributed by atoms with E-state index in [1.54, 1.807) is 7.11 Å². The van der Waals surface area contributed by atoms with Gasteiger partial charge in [-0.2, -0.15) is 4.98 Å². The molecule has 0 radical (unpaired) electrons. The van der Waals surface area contributed by atoms with Gasteiger partial charge in [-0.15, -0.1) is 12.4 Å². The molecule has 0 spiro atoms. The summed E-state index contributed by atoms with van der Waals surface area (Å²) in [6.07, 6.45) is 2.96. The molecule has 2 N–H and O–H groups in total. The van der Waals surface area contributed by atoms with Gasteiger partial charge in [-0.05, 0) is 39.2 Å². The minimum atomic E-state index is -0.433. The van der Waals surface area contributed by atoms with Gasteiger partial charge in [-0.1, -0.05) is 23.4 Å². The van der Waals surface area contributed by atoms with Crippen LogP contribution in [0, 0.1) is 0 Å². The van der Waals surface area contributed by atoms with Crippen LogP contribution < -0.4 is 10.5 Å². The first-order valence-electron chi connectivity index (χ1n) is 7.24. The molecule has 0 aliphatic heterocycles. The second-order valence-electron chi connectivity index (χ2n) is 6.26. The van der Waals surface area contributed by atoms with Crippen LogP contribution in [0.2, 0.25) is 0 Å². The molecule has 1 aromatic heterocycles. The topological polar surface area (TPSA) is 74.2 Å². The third-order valence-electron chi connectivity index (χ3n) is 4.43. The summed E-state index contributed by atoms with van der Waals surface area (Å²) in [5.41, 5.74) is 6.45. The van der Waals surface area contributed by atoms with E-state index in [0.29, 0.717) is 11.7 Å². The van der Waals surface area contributed by atoms with Crippen LogP contribution in [-0.2, 0) is 11.0 Å². The number of hydrogen-bond acceptors (Lipinski definition) is 5. The molecule has 1 aromatic carbocycles. The average Bonchev–Trinajstić information content (AvgIpc) is 2.95. The monoisotopic (exact) mass is 323 g/mol. The molecule has 0 amide bonds. The van der Waals surface area contributed by atoms with Gasteiger partial charge >= 0.3 is 0 Å². The van der Waals surface area contributed by atoms with Gasteiger partial charge in [0.25, 0.3) is 0 Å². The van der Waals surface area contributed by atoms with Crippen LogP contribution in [0.25, 0.3) is 0 Å². The van der Waals surface area contributed by atoms with Crippen molar-refractivity contribution in [2.24, 2.45) is 5.73 Å². The van der Waals surface area contributed by atoms with Crippen LogP contribution >= 0.6 is 12.4 Å². The van der Waals surface area contributed by atoms with E-state index in [1.807, 2.05) is 38.1 Å². The van der Waals surface area contributed by atoms with Crippen LogP contribution in [0.15, 0.2) is 28.8 Å². The summed E-state index contributed by atoms with van der Waals surface area (Å²) in [6.45, 7) is 4.10. The summed E-state index contributed by atoms with van der Waals surface area (Å²) >= 11 is 0. The molecule has 0 saturated heterocycles. The molecular weight excluding hydrogens is 302 g/mol. The fourth-order valence-electron chi connectivity index (χ4n) is 2.74. The maximum atomic E-state index is 6.27. The lowest BCUT2D eigenvalue weighted by Crippen LogP contribution is -2.44. The molecule has 120 valence electrons. The van der Waals surface area contributed by atoms with Crippen LogP contribution in [0.3, 0.4) is 0 Å². The zero-order valence-electron chi connectivity index (χ0n) is 13.1. The Hall–Kier alpha value is -1.59. The number of methoxy groups -OCH3 is 1. The summed E-state index contributed by atoms with van der Waals surface area (Å²) in [7, 11) is 1.66. The Bertz CT molecular complexity index is 650.